The second-order valence-electron chi connectivity index (χ2n) is 11.5. The fourth-order valence-electron chi connectivity index (χ4n) is 6.38. The van der Waals surface area contributed by atoms with Gasteiger partial charge in [0.25, 0.3) is 0 Å². The first-order valence-electron chi connectivity index (χ1n) is 15.2. The molecule has 0 unspecified atom stereocenters. The predicted octanol–water partition coefficient (Wildman–Crippen LogP) is 10.4. The molecular weight excluding hydrogens is 585 g/mol. The van der Waals surface area contributed by atoms with Gasteiger partial charge in [-0.05, 0) is 77.7 Å². The molecule has 0 aliphatic rings. The van der Waals surface area contributed by atoms with E-state index in [9.17, 15) is 4.57 Å². The zero-order valence-corrected chi connectivity index (χ0v) is 26.1. The summed E-state index contributed by atoms with van der Waals surface area (Å²) in [6.07, 6.45) is 3.44. The van der Waals surface area contributed by atoms with Gasteiger partial charge in [-0.1, -0.05) is 97.1 Å². The molecule has 0 aliphatic heterocycles. The molecule has 46 heavy (non-hydrogen) atoms. The fraction of sp³-hybridized carbons (Fsp3) is 0.0244. The number of rotatable bonds is 6. The molecule has 6 aromatic carbocycles. The van der Waals surface area contributed by atoms with E-state index in [0.29, 0.717) is 5.31 Å². The third kappa shape index (κ3) is 4.58. The summed E-state index contributed by atoms with van der Waals surface area (Å²) in [5.41, 5.74) is 13.7. The van der Waals surface area contributed by atoms with Crippen LogP contribution in [0.5, 0.6) is 0 Å². The first-order valence-corrected chi connectivity index (χ1v) is 16.9. The van der Waals surface area contributed by atoms with Crippen LogP contribution in [-0.2, 0) is 4.57 Å². The van der Waals surface area contributed by atoms with Crippen molar-refractivity contribution in [2.45, 2.75) is 6.92 Å². The van der Waals surface area contributed by atoms with Gasteiger partial charge in [0.15, 0.2) is 7.14 Å². The van der Waals surface area contributed by atoms with Crippen molar-refractivity contribution < 1.29 is 13.4 Å². The molecule has 4 nitrogen and oxygen atoms in total. The molecule has 2 aromatic heterocycles. The molecule has 2 N–H and O–H groups in total. The average Bonchev–Trinajstić information content (AvgIpc) is 3.68. The van der Waals surface area contributed by atoms with Crippen LogP contribution in [0.25, 0.3) is 60.6 Å². The molecular formula is C41H30NO3P. The Balaban J connectivity index is 1.21. The Bertz CT molecular complexity index is 2480. The van der Waals surface area contributed by atoms with Crippen molar-refractivity contribution in [2.24, 2.45) is 5.73 Å². The van der Waals surface area contributed by atoms with Crippen LogP contribution in [0.4, 0.5) is 0 Å². The number of furan rings is 2. The van der Waals surface area contributed by atoms with Gasteiger partial charge < -0.3 is 19.1 Å². The van der Waals surface area contributed by atoms with Crippen LogP contribution in [0.15, 0.2) is 166 Å². The molecule has 8 rings (SSSR count). The molecule has 2 heterocycles. The Labute approximate surface area is 266 Å². The van der Waals surface area contributed by atoms with Gasteiger partial charge in [0.1, 0.15) is 22.3 Å². The van der Waals surface area contributed by atoms with Gasteiger partial charge in [0, 0.05) is 43.7 Å². The normalized spacial score (nSPS) is 12.9. The first kappa shape index (κ1) is 27.9. The molecule has 0 aliphatic carbocycles. The van der Waals surface area contributed by atoms with E-state index in [-0.39, 0.29) is 0 Å². The van der Waals surface area contributed by atoms with E-state index in [4.69, 9.17) is 14.6 Å². The molecule has 222 valence electrons. The van der Waals surface area contributed by atoms with Crippen molar-refractivity contribution in [3.8, 4) is 11.1 Å². The van der Waals surface area contributed by atoms with Crippen LogP contribution in [0.2, 0.25) is 0 Å². The van der Waals surface area contributed by atoms with E-state index in [1.807, 2.05) is 110 Å². The number of hydrogen-bond acceptors (Lipinski definition) is 4. The van der Waals surface area contributed by atoms with Crippen LogP contribution in [0.1, 0.15) is 12.5 Å². The molecule has 5 heteroatoms. The second kappa shape index (κ2) is 11.1. The number of allylic oxidation sites excluding steroid dienone is 3. The van der Waals surface area contributed by atoms with Gasteiger partial charge in [0.2, 0.25) is 0 Å². The summed E-state index contributed by atoms with van der Waals surface area (Å²) < 4.78 is 27.4. The zero-order chi connectivity index (χ0) is 31.3. The van der Waals surface area contributed by atoms with Crippen molar-refractivity contribution in [1.82, 2.24) is 0 Å². The molecule has 0 radical (unpaired) electrons. The SMILES string of the molecule is C/C(=C\C(=C/N)P(=O)(c1ccccc1)c1ccccc1)c1ccc2oc3ccc(-c4ccc5c(c4)oc4ccccc45)cc3c2c1. The zero-order valence-electron chi connectivity index (χ0n) is 25.2. The highest BCUT2D eigenvalue weighted by Gasteiger charge is 2.30. The highest BCUT2D eigenvalue weighted by Crippen LogP contribution is 2.52. The number of fused-ring (bicyclic) bond motifs is 6. The lowest BCUT2D eigenvalue weighted by atomic mass is 10.00. The predicted molar refractivity (Wildman–Crippen MR) is 192 cm³/mol. The van der Waals surface area contributed by atoms with Crippen molar-refractivity contribution >= 4 is 67.2 Å². The monoisotopic (exact) mass is 615 g/mol. The summed E-state index contributed by atoms with van der Waals surface area (Å²) in [4.78, 5) is 0. The van der Waals surface area contributed by atoms with Crippen molar-refractivity contribution in [3.05, 3.63) is 163 Å². The third-order valence-corrected chi connectivity index (χ3v) is 11.8. The maximum absolute atomic E-state index is 15.0. The Hall–Kier alpha value is -5.57. The molecule has 0 fully saturated rings. The van der Waals surface area contributed by atoms with Crippen LogP contribution in [0.3, 0.4) is 0 Å². The Morgan fingerprint density at radius 1 is 0.565 bits per heavy atom. The van der Waals surface area contributed by atoms with Crippen LogP contribution < -0.4 is 16.3 Å². The highest BCUT2D eigenvalue weighted by atomic mass is 31.2. The number of para-hydroxylation sites is 1. The van der Waals surface area contributed by atoms with Gasteiger partial charge in [-0.15, -0.1) is 0 Å². The maximum atomic E-state index is 15.0. The molecule has 0 amide bonds. The summed E-state index contributed by atoms with van der Waals surface area (Å²) in [7, 11) is -3.22. The second-order valence-corrected chi connectivity index (χ2v) is 14.3. The van der Waals surface area contributed by atoms with Gasteiger partial charge in [-0.3, -0.25) is 0 Å². The van der Waals surface area contributed by atoms with Gasteiger partial charge in [0.05, 0.1) is 0 Å². The van der Waals surface area contributed by atoms with E-state index in [1.54, 1.807) is 0 Å². The van der Waals surface area contributed by atoms with Crippen molar-refractivity contribution in [2.75, 3.05) is 0 Å². The Kier molecular flexibility index (Phi) is 6.74. The summed E-state index contributed by atoms with van der Waals surface area (Å²) >= 11 is 0. The number of benzene rings is 6. The third-order valence-electron chi connectivity index (χ3n) is 8.78. The highest BCUT2D eigenvalue weighted by molar-refractivity contribution is 7.82. The first-order chi connectivity index (χ1) is 22.5. The van der Waals surface area contributed by atoms with E-state index in [2.05, 4.69) is 42.5 Å². The summed E-state index contributed by atoms with van der Waals surface area (Å²) in [6, 6.07) is 46.1. The van der Waals surface area contributed by atoms with E-state index < -0.39 is 7.14 Å². The minimum atomic E-state index is -3.22. The molecule has 0 spiro atoms. The average molecular weight is 616 g/mol. The van der Waals surface area contributed by atoms with Crippen LogP contribution >= 0.6 is 7.14 Å². The Morgan fingerprint density at radius 3 is 1.83 bits per heavy atom. The lowest BCUT2D eigenvalue weighted by Gasteiger charge is -2.21. The Morgan fingerprint density at radius 2 is 1.11 bits per heavy atom. The molecule has 0 bridgehead atoms. The lowest BCUT2D eigenvalue weighted by Crippen LogP contribution is -2.17. The number of nitrogens with two attached hydrogens (primary N) is 1. The molecule has 8 aromatic rings. The topological polar surface area (TPSA) is 69.4 Å². The lowest BCUT2D eigenvalue weighted by molar-refractivity contribution is 0.591. The molecule has 0 atom stereocenters. The minimum absolute atomic E-state index is 0.586. The van der Waals surface area contributed by atoms with Gasteiger partial charge in [-0.2, -0.15) is 0 Å². The standard InChI is InChI=1S/C41H30NO3P/c1-27(22-33(26-42)46(43,31-10-4-2-5-11-31)32-12-6-3-7-13-32)28-17-20-39-36(23-28)37-24-29(18-21-40(37)44-39)30-16-19-35-34-14-8-9-15-38(34)45-41(35)25-30/h2-26H,42H2,1H3/b27-22+,33-26+. The van der Waals surface area contributed by atoms with Crippen molar-refractivity contribution in [1.29, 1.82) is 0 Å². The van der Waals surface area contributed by atoms with Gasteiger partial charge >= 0.3 is 0 Å². The largest absolute Gasteiger partial charge is 0.456 e. The summed E-state index contributed by atoms with van der Waals surface area (Å²) in [5.74, 6) is 0. The molecule has 0 saturated carbocycles. The van der Waals surface area contributed by atoms with E-state index in [0.717, 1.165) is 76.7 Å². The van der Waals surface area contributed by atoms with Crippen LogP contribution in [0, 0.1) is 0 Å². The summed E-state index contributed by atoms with van der Waals surface area (Å²) in [6.45, 7) is 2.03. The molecule has 0 saturated heterocycles. The minimum Gasteiger partial charge on any atom is -0.456 e. The fourth-order valence-corrected chi connectivity index (χ4v) is 9.04. The van der Waals surface area contributed by atoms with Crippen LogP contribution in [-0.4, -0.2) is 0 Å². The van der Waals surface area contributed by atoms with E-state index >= 15 is 0 Å². The van der Waals surface area contributed by atoms with Crippen molar-refractivity contribution in [3.63, 3.8) is 0 Å². The smallest absolute Gasteiger partial charge is 0.172 e. The number of hydrogen-bond donors (Lipinski definition) is 1. The van der Waals surface area contributed by atoms with E-state index in [1.165, 1.54) is 6.20 Å². The maximum Gasteiger partial charge on any atom is 0.172 e. The quantitative estimate of drug-likeness (QED) is 0.149. The summed E-state index contributed by atoms with van der Waals surface area (Å²) in [5, 5.41) is 6.34. The van der Waals surface area contributed by atoms with Gasteiger partial charge in [-0.25, -0.2) is 0 Å².